The number of benzene rings is 2. The maximum Gasteiger partial charge on any atom is 0.196 e. The van der Waals surface area contributed by atoms with E-state index in [0.717, 1.165) is 70.9 Å². The first-order chi connectivity index (χ1) is 14.7. The number of fused-ring (bicyclic) bond motifs is 2. The number of aromatic nitrogens is 1. The molecule has 154 valence electrons. The van der Waals surface area contributed by atoms with Crippen molar-refractivity contribution in [3.63, 3.8) is 0 Å². The summed E-state index contributed by atoms with van der Waals surface area (Å²) >= 11 is 0. The van der Waals surface area contributed by atoms with Crippen LogP contribution in [0.5, 0.6) is 0 Å². The predicted molar refractivity (Wildman–Crippen MR) is 120 cm³/mol. The Kier molecular flexibility index (Phi) is 4.12. The van der Waals surface area contributed by atoms with Gasteiger partial charge in [0.25, 0.3) is 0 Å². The number of rotatable bonds is 2. The Morgan fingerprint density at radius 1 is 0.967 bits per heavy atom. The van der Waals surface area contributed by atoms with Crippen molar-refractivity contribution in [3.05, 3.63) is 41.5 Å². The second kappa shape index (κ2) is 6.86. The van der Waals surface area contributed by atoms with E-state index in [1.807, 2.05) is 24.3 Å². The third-order valence-electron chi connectivity index (χ3n) is 7.05. The Morgan fingerprint density at radius 2 is 1.73 bits per heavy atom. The van der Waals surface area contributed by atoms with Crippen molar-refractivity contribution in [2.75, 3.05) is 36.0 Å². The van der Waals surface area contributed by atoms with Gasteiger partial charge in [0.2, 0.25) is 0 Å². The molecule has 5 nitrogen and oxygen atoms in total. The van der Waals surface area contributed by atoms with E-state index in [-0.39, 0.29) is 5.78 Å². The van der Waals surface area contributed by atoms with Gasteiger partial charge in [-0.15, -0.1) is 0 Å². The molecule has 2 aliphatic heterocycles. The van der Waals surface area contributed by atoms with Gasteiger partial charge in [0.15, 0.2) is 11.5 Å². The molecule has 2 aromatic carbocycles. The summed E-state index contributed by atoms with van der Waals surface area (Å²) in [5.41, 5.74) is 5.42. The summed E-state index contributed by atoms with van der Waals surface area (Å²) in [5.74, 6) is 1.51. The van der Waals surface area contributed by atoms with Crippen LogP contribution in [0.4, 0.5) is 11.4 Å². The molecule has 3 aromatic rings. The van der Waals surface area contributed by atoms with Crippen LogP contribution in [-0.2, 0) is 0 Å². The van der Waals surface area contributed by atoms with Gasteiger partial charge in [-0.25, -0.2) is 0 Å². The summed E-state index contributed by atoms with van der Waals surface area (Å²) in [6.07, 6.45) is 6.08. The van der Waals surface area contributed by atoms with Crippen molar-refractivity contribution in [2.24, 2.45) is 5.92 Å². The van der Waals surface area contributed by atoms with Crippen molar-refractivity contribution in [2.45, 2.75) is 39.0 Å². The molecule has 6 rings (SSSR count). The highest BCUT2D eigenvalue weighted by Crippen LogP contribution is 2.47. The van der Waals surface area contributed by atoms with Gasteiger partial charge in [-0.05, 0) is 44.1 Å². The third-order valence-corrected chi connectivity index (χ3v) is 7.05. The number of piperidine rings is 2. The number of hydrogen-bond donors (Lipinski definition) is 0. The van der Waals surface area contributed by atoms with E-state index in [1.54, 1.807) is 0 Å². The topological polar surface area (TPSA) is 49.6 Å². The molecule has 0 amide bonds. The Balaban J connectivity index is 1.63. The molecule has 5 heteroatoms. The predicted octanol–water partition coefficient (Wildman–Crippen LogP) is 5.27. The number of nitrogens with zero attached hydrogens (tertiary/aromatic N) is 3. The van der Waals surface area contributed by atoms with E-state index < -0.39 is 0 Å². The summed E-state index contributed by atoms with van der Waals surface area (Å²) in [7, 11) is 0. The molecule has 2 fully saturated rings. The second-order valence-corrected chi connectivity index (χ2v) is 9.14. The number of carbonyl (C=O) groups is 1. The molecule has 2 saturated heterocycles. The van der Waals surface area contributed by atoms with E-state index in [2.05, 4.69) is 27.9 Å². The van der Waals surface area contributed by atoms with Gasteiger partial charge in [0.1, 0.15) is 5.52 Å². The molecular formula is C25H27N3O2. The summed E-state index contributed by atoms with van der Waals surface area (Å²) in [6, 6.07) is 10.0. The Morgan fingerprint density at radius 3 is 2.53 bits per heavy atom. The minimum atomic E-state index is 0.102. The van der Waals surface area contributed by atoms with Crippen LogP contribution >= 0.6 is 0 Å². The molecule has 0 unspecified atom stereocenters. The van der Waals surface area contributed by atoms with Gasteiger partial charge in [-0.3, -0.25) is 4.79 Å². The quantitative estimate of drug-likeness (QED) is 0.458. The zero-order valence-corrected chi connectivity index (χ0v) is 17.5. The van der Waals surface area contributed by atoms with Crippen LogP contribution in [0, 0.1) is 5.92 Å². The van der Waals surface area contributed by atoms with Gasteiger partial charge in [0.05, 0.1) is 22.3 Å². The summed E-state index contributed by atoms with van der Waals surface area (Å²) in [6.45, 7) is 6.39. The number of anilines is 2. The maximum absolute atomic E-state index is 13.7. The number of ketones is 1. The standard InChI is InChI=1S/C25H27N3O2/c1-16-8-7-13-28(15-16)20-14-19(27-11-5-2-6-12-27)21-22-23(20)26-30-25(22)18-10-4-3-9-17(18)24(21)29/h3-4,9-10,14,16H,2,5-8,11-13,15H2,1H3/t16-/m1/s1. The van der Waals surface area contributed by atoms with Crippen LogP contribution in [0.15, 0.2) is 34.9 Å². The van der Waals surface area contributed by atoms with Crippen LogP contribution in [0.1, 0.15) is 54.9 Å². The third kappa shape index (κ3) is 2.60. The van der Waals surface area contributed by atoms with Crippen molar-refractivity contribution < 1.29 is 9.32 Å². The summed E-state index contributed by atoms with van der Waals surface area (Å²) in [4.78, 5) is 18.6. The average Bonchev–Trinajstić information content (AvgIpc) is 3.23. The fourth-order valence-corrected chi connectivity index (χ4v) is 5.56. The van der Waals surface area contributed by atoms with E-state index in [0.29, 0.717) is 5.92 Å². The molecule has 0 N–H and O–H groups in total. The highest BCUT2D eigenvalue weighted by molar-refractivity contribution is 6.28. The first kappa shape index (κ1) is 18.0. The Hall–Kier alpha value is -2.82. The minimum absolute atomic E-state index is 0.102. The van der Waals surface area contributed by atoms with Crippen molar-refractivity contribution in [1.82, 2.24) is 5.16 Å². The fourth-order valence-electron chi connectivity index (χ4n) is 5.56. The highest BCUT2D eigenvalue weighted by Gasteiger charge is 2.35. The van der Waals surface area contributed by atoms with E-state index >= 15 is 0 Å². The van der Waals surface area contributed by atoms with Crippen LogP contribution in [0.25, 0.3) is 22.2 Å². The minimum Gasteiger partial charge on any atom is -0.371 e. The van der Waals surface area contributed by atoms with Crippen molar-refractivity contribution in [1.29, 1.82) is 0 Å². The van der Waals surface area contributed by atoms with Crippen molar-refractivity contribution in [3.8, 4) is 11.3 Å². The monoisotopic (exact) mass is 401 g/mol. The van der Waals surface area contributed by atoms with E-state index in [1.165, 1.54) is 32.1 Å². The Labute approximate surface area is 176 Å². The zero-order chi connectivity index (χ0) is 20.2. The lowest BCUT2D eigenvalue weighted by atomic mass is 9.85. The molecule has 0 radical (unpaired) electrons. The Bertz CT molecular complexity index is 1140. The highest BCUT2D eigenvalue weighted by atomic mass is 16.5. The molecule has 1 aliphatic carbocycles. The van der Waals surface area contributed by atoms with Crippen LogP contribution in [-0.4, -0.2) is 37.1 Å². The van der Waals surface area contributed by atoms with Crippen LogP contribution < -0.4 is 9.80 Å². The molecule has 30 heavy (non-hydrogen) atoms. The molecule has 0 saturated carbocycles. The van der Waals surface area contributed by atoms with Gasteiger partial charge in [-0.1, -0.05) is 36.3 Å². The second-order valence-electron chi connectivity index (χ2n) is 9.14. The lowest BCUT2D eigenvalue weighted by molar-refractivity contribution is 0.104. The molecule has 1 aromatic heterocycles. The smallest absolute Gasteiger partial charge is 0.196 e. The first-order valence-corrected chi connectivity index (χ1v) is 11.3. The van der Waals surface area contributed by atoms with Gasteiger partial charge >= 0.3 is 0 Å². The summed E-state index contributed by atoms with van der Waals surface area (Å²) in [5, 5.41) is 5.43. The summed E-state index contributed by atoms with van der Waals surface area (Å²) < 4.78 is 5.92. The number of hydrogen-bond acceptors (Lipinski definition) is 5. The van der Waals surface area contributed by atoms with Gasteiger partial charge < -0.3 is 14.3 Å². The number of carbonyl (C=O) groups excluding carboxylic acids is 1. The van der Waals surface area contributed by atoms with E-state index in [9.17, 15) is 4.79 Å². The van der Waals surface area contributed by atoms with Crippen LogP contribution in [0.3, 0.4) is 0 Å². The van der Waals surface area contributed by atoms with Crippen LogP contribution in [0.2, 0.25) is 0 Å². The fraction of sp³-hybridized carbons (Fsp3) is 0.440. The van der Waals surface area contributed by atoms with Crippen molar-refractivity contribution >= 4 is 28.1 Å². The molecule has 0 bridgehead atoms. The lowest BCUT2D eigenvalue weighted by Gasteiger charge is -2.36. The zero-order valence-electron chi connectivity index (χ0n) is 17.5. The lowest BCUT2D eigenvalue weighted by Crippen LogP contribution is -2.35. The molecule has 3 heterocycles. The normalized spacial score (nSPS) is 21.2. The van der Waals surface area contributed by atoms with Gasteiger partial charge in [-0.2, -0.15) is 0 Å². The largest absolute Gasteiger partial charge is 0.371 e. The molecule has 0 spiro atoms. The molecule has 3 aliphatic rings. The molecular weight excluding hydrogens is 374 g/mol. The SMILES string of the molecule is C[C@@H]1CCCN(c2cc(N3CCCCC3)c3c4c(onc24)-c2ccccc2C3=O)C1. The maximum atomic E-state index is 13.7. The van der Waals surface area contributed by atoms with E-state index in [4.69, 9.17) is 4.52 Å². The van der Waals surface area contributed by atoms with Gasteiger partial charge in [0, 0.05) is 37.3 Å². The average molecular weight is 402 g/mol. The first-order valence-electron chi connectivity index (χ1n) is 11.3. The molecule has 1 atom stereocenters.